The molecule has 11 heteroatoms. The molecule has 1 unspecified atom stereocenters. The lowest BCUT2D eigenvalue weighted by atomic mass is 10.1. The van der Waals surface area contributed by atoms with Gasteiger partial charge in [0, 0.05) is 38.3 Å². The molecule has 0 aliphatic carbocycles. The highest BCUT2D eigenvalue weighted by Crippen LogP contribution is 2.29. The van der Waals surface area contributed by atoms with E-state index >= 15 is 0 Å². The molecule has 2 aliphatic rings. The molecule has 5 rings (SSSR count). The van der Waals surface area contributed by atoms with Crippen LogP contribution in [-0.2, 0) is 16.1 Å². The van der Waals surface area contributed by atoms with Crippen molar-refractivity contribution < 1.29 is 14.3 Å². The van der Waals surface area contributed by atoms with E-state index in [0.29, 0.717) is 24.8 Å². The molecule has 184 valence electrons. The summed E-state index contributed by atoms with van der Waals surface area (Å²) in [6.45, 7) is 3.25. The third-order valence-corrected chi connectivity index (χ3v) is 7.09. The minimum absolute atomic E-state index is 0.0517. The van der Waals surface area contributed by atoms with Gasteiger partial charge in [-0.1, -0.05) is 11.8 Å². The van der Waals surface area contributed by atoms with Gasteiger partial charge in [-0.15, -0.1) is 0 Å². The number of rotatable bonds is 8. The van der Waals surface area contributed by atoms with E-state index in [0.717, 1.165) is 41.4 Å². The molecule has 35 heavy (non-hydrogen) atoms. The first-order valence-corrected chi connectivity index (χ1v) is 13.0. The number of fused-ring (bicyclic) bond motifs is 1. The lowest BCUT2D eigenvalue weighted by molar-refractivity contribution is -0.126. The topological polar surface area (TPSA) is 105 Å². The quantitative estimate of drug-likeness (QED) is 0.375. The average molecular weight is 496 g/mol. The van der Waals surface area contributed by atoms with Crippen LogP contribution in [0.1, 0.15) is 19.3 Å². The van der Waals surface area contributed by atoms with E-state index in [9.17, 15) is 9.59 Å². The highest BCUT2D eigenvalue weighted by molar-refractivity contribution is 7.98. The van der Waals surface area contributed by atoms with Gasteiger partial charge in [0.05, 0.1) is 31.2 Å². The van der Waals surface area contributed by atoms with Crippen molar-refractivity contribution in [1.29, 1.82) is 0 Å². The zero-order chi connectivity index (χ0) is 24.4. The summed E-state index contributed by atoms with van der Waals surface area (Å²) in [5.41, 5.74) is 1.55. The molecule has 2 saturated heterocycles. The van der Waals surface area contributed by atoms with Crippen LogP contribution in [0.4, 0.5) is 11.5 Å². The second kappa shape index (κ2) is 10.1. The number of carbonyl (C=O) groups excluding carboxylic acids is 2. The Labute approximate surface area is 208 Å². The predicted molar refractivity (Wildman–Crippen MR) is 135 cm³/mol. The Kier molecular flexibility index (Phi) is 6.76. The third-order valence-electron chi connectivity index (χ3n) is 6.55. The minimum Gasteiger partial charge on any atom is -0.497 e. The first-order chi connectivity index (χ1) is 17.1. The molecule has 0 radical (unpaired) electrons. The van der Waals surface area contributed by atoms with Crippen LogP contribution in [0.5, 0.6) is 5.75 Å². The second-order valence-electron chi connectivity index (χ2n) is 8.73. The smallest absolute Gasteiger partial charge is 0.227 e. The Bertz CT molecular complexity index is 1220. The van der Waals surface area contributed by atoms with Crippen LogP contribution in [0, 0.1) is 5.92 Å². The standard InChI is InChI=1S/C24H29N7O3S/c1-34-18-7-5-17(6-8-18)30-15-16(13-20(30)32)23(33)25-9-12-31-22-19(14-26-31)21(27-24(28-22)35-2)29-10-3-4-11-29/h5-8,14,16H,3-4,9-13,15H2,1-2H3,(H,25,33). The number of anilines is 2. The molecule has 3 aromatic rings. The van der Waals surface area contributed by atoms with Gasteiger partial charge < -0.3 is 19.9 Å². The summed E-state index contributed by atoms with van der Waals surface area (Å²) in [6, 6.07) is 7.29. The van der Waals surface area contributed by atoms with E-state index < -0.39 is 0 Å². The molecule has 2 fully saturated rings. The molecular formula is C24H29N7O3S. The summed E-state index contributed by atoms with van der Waals surface area (Å²) in [7, 11) is 1.60. The van der Waals surface area contributed by atoms with Gasteiger partial charge in [-0.3, -0.25) is 9.59 Å². The molecule has 4 heterocycles. The second-order valence-corrected chi connectivity index (χ2v) is 9.50. The van der Waals surface area contributed by atoms with E-state index in [4.69, 9.17) is 9.72 Å². The Morgan fingerprint density at radius 1 is 1.20 bits per heavy atom. The van der Waals surface area contributed by atoms with Crippen LogP contribution >= 0.6 is 11.8 Å². The van der Waals surface area contributed by atoms with Gasteiger partial charge in [-0.2, -0.15) is 5.10 Å². The molecule has 1 aromatic carbocycles. The normalized spacial score (nSPS) is 18.0. The number of carbonyl (C=O) groups is 2. The Morgan fingerprint density at radius 2 is 1.97 bits per heavy atom. The number of ether oxygens (including phenoxy) is 1. The highest BCUT2D eigenvalue weighted by Gasteiger charge is 2.35. The maximum absolute atomic E-state index is 12.8. The van der Waals surface area contributed by atoms with E-state index in [-0.39, 0.29) is 24.2 Å². The largest absolute Gasteiger partial charge is 0.497 e. The van der Waals surface area contributed by atoms with Crippen LogP contribution in [0.15, 0.2) is 35.6 Å². The summed E-state index contributed by atoms with van der Waals surface area (Å²) in [6.07, 6.45) is 6.32. The fraction of sp³-hybridized carbons (Fsp3) is 0.458. The summed E-state index contributed by atoms with van der Waals surface area (Å²) < 4.78 is 7.00. The van der Waals surface area contributed by atoms with Crippen molar-refractivity contribution in [2.45, 2.75) is 31.0 Å². The first-order valence-electron chi connectivity index (χ1n) is 11.8. The van der Waals surface area contributed by atoms with Crippen molar-refractivity contribution in [2.24, 2.45) is 5.92 Å². The molecule has 2 amide bonds. The molecule has 2 aliphatic heterocycles. The molecular weight excluding hydrogens is 466 g/mol. The van der Waals surface area contributed by atoms with Crippen molar-refractivity contribution in [3.8, 4) is 5.75 Å². The van der Waals surface area contributed by atoms with Crippen LogP contribution in [0.3, 0.4) is 0 Å². The average Bonchev–Trinajstić information content (AvgIpc) is 3.64. The van der Waals surface area contributed by atoms with Crippen molar-refractivity contribution >= 4 is 46.1 Å². The Hall–Kier alpha value is -3.34. The molecule has 2 aromatic heterocycles. The van der Waals surface area contributed by atoms with Crippen molar-refractivity contribution in [2.75, 3.05) is 49.3 Å². The van der Waals surface area contributed by atoms with Crippen LogP contribution in [0.2, 0.25) is 0 Å². The van der Waals surface area contributed by atoms with Gasteiger partial charge in [-0.25, -0.2) is 14.6 Å². The monoisotopic (exact) mass is 495 g/mol. The number of hydrogen-bond donors (Lipinski definition) is 1. The minimum atomic E-state index is -0.383. The number of nitrogens with one attached hydrogen (secondary N) is 1. The van der Waals surface area contributed by atoms with Gasteiger partial charge in [0.25, 0.3) is 0 Å². The zero-order valence-corrected chi connectivity index (χ0v) is 20.8. The van der Waals surface area contributed by atoms with Gasteiger partial charge >= 0.3 is 0 Å². The van der Waals surface area contributed by atoms with E-state index in [1.807, 2.05) is 41.4 Å². The number of hydrogen-bond acceptors (Lipinski definition) is 8. The summed E-state index contributed by atoms with van der Waals surface area (Å²) in [5, 5.41) is 9.16. The van der Waals surface area contributed by atoms with Crippen molar-refractivity contribution in [1.82, 2.24) is 25.1 Å². The molecule has 1 N–H and O–H groups in total. The number of methoxy groups -OCH3 is 1. The van der Waals surface area contributed by atoms with E-state index in [1.165, 1.54) is 24.6 Å². The van der Waals surface area contributed by atoms with E-state index in [1.54, 1.807) is 12.0 Å². The predicted octanol–water partition coefficient (Wildman–Crippen LogP) is 2.33. The third kappa shape index (κ3) is 4.77. The first kappa shape index (κ1) is 23.4. The van der Waals surface area contributed by atoms with E-state index in [2.05, 4.69) is 20.3 Å². The lowest BCUT2D eigenvalue weighted by Crippen LogP contribution is -2.35. The lowest BCUT2D eigenvalue weighted by Gasteiger charge is -2.18. The molecule has 10 nitrogen and oxygen atoms in total. The Morgan fingerprint density at radius 3 is 2.69 bits per heavy atom. The number of nitrogens with zero attached hydrogens (tertiary/aromatic N) is 6. The maximum atomic E-state index is 12.8. The Balaban J connectivity index is 1.22. The van der Waals surface area contributed by atoms with Gasteiger partial charge in [-0.05, 0) is 43.4 Å². The molecule has 0 bridgehead atoms. The van der Waals surface area contributed by atoms with Gasteiger partial charge in [0.2, 0.25) is 11.8 Å². The highest BCUT2D eigenvalue weighted by atomic mass is 32.2. The van der Waals surface area contributed by atoms with Crippen LogP contribution in [0.25, 0.3) is 11.0 Å². The number of amides is 2. The molecule has 0 spiro atoms. The van der Waals surface area contributed by atoms with Crippen LogP contribution < -0.4 is 19.9 Å². The van der Waals surface area contributed by atoms with Crippen molar-refractivity contribution in [3.63, 3.8) is 0 Å². The fourth-order valence-electron chi connectivity index (χ4n) is 4.67. The van der Waals surface area contributed by atoms with Crippen molar-refractivity contribution in [3.05, 3.63) is 30.5 Å². The number of thioether (sulfide) groups is 1. The van der Waals surface area contributed by atoms with Crippen LogP contribution in [-0.4, -0.2) is 71.1 Å². The fourth-order valence-corrected chi connectivity index (χ4v) is 5.03. The molecule has 1 atom stereocenters. The number of benzene rings is 1. The summed E-state index contributed by atoms with van der Waals surface area (Å²) in [5.74, 6) is 1.11. The SMILES string of the molecule is COc1ccc(N2CC(C(=O)NCCn3ncc4c(N5CCCC5)nc(SC)nc43)CC2=O)cc1. The van der Waals surface area contributed by atoms with Gasteiger partial charge in [0.1, 0.15) is 11.6 Å². The zero-order valence-electron chi connectivity index (χ0n) is 19.9. The summed E-state index contributed by atoms with van der Waals surface area (Å²) in [4.78, 5) is 38.7. The summed E-state index contributed by atoms with van der Waals surface area (Å²) >= 11 is 1.51. The van der Waals surface area contributed by atoms with Gasteiger partial charge in [0.15, 0.2) is 10.8 Å². The number of aromatic nitrogens is 4. The maximum Gasteiger partial charge on any atom is 0.227 e. The molecule has 0 saturated carbocycles.